The maximum absolute atomic E-state index is 11.8. The largest absolute Gasteiger partial charge is 0.396 e. The molecular weight excluding hydrogens is 228 g/mol. The van der Waals surface area contributed by atoms with Gasteiger partial charge in [-0.1, -0.05) is 13.8 Å². The van der Waals surface area contributed by atoms with Crippen LogP contribution in [0.15, 0.2) is 24.5 Å². The molecule has 2 N–H and O–H groups in total. The standard InChI is InChI=1S/C14H22N2O2/c1-3-14(4-2,11-17)10-16-13(18)9-12-5-7-15-8-6-12/h5-8,17H,3-4,9-11H2,1-2H3,(H,16,18). The molecule has 100 valence electrons. The first-order valence-electron chi connectivity index (χ1n) is 6.42. The molecule has 0 radical (unpaired) electrons. The first-order chi connectivity index (χ1) is 8.65. The van der Waals surface area contributed by atoms with Gasteiger partial charge in [-0.05, 0) is 30.5 Å². The van der Waals surface area contributed by atoms with Crippen molar-refractivity contribution in [1.29, 1.82) is 0 Å². The van der Waals surface area contributed by atoms with Gasteiger partial charge in [0.25, 0.3) is 0 Å². The van der Waals surface area contributed by atoms with Crippen molar-refractivity contribution in [2.45, 2.75) is 33.1 Å². The van der Waals surface area contributed by atoms with Crippen LogP contribution in [-0.2, 0) is 11.2 Å². The van der Waals surface area contributed by atoms with Crippen molar-refractivity contribution in [3.63, 3.8) is 0 Å². The minimum Gasteiger partial charge on any atom is -0.396 e. The second kappa shape index (κ2) is 7.11. The lowest BCUT2D eigenvalue weighted by Crippen LogP contribution is -2.39. The van der Waals surface area contributed by atoms with E-state index in [1.165, 1.54) is 0 Å². The SMILES string of the molecule is CCC(CC)(CO)CNC(=O)Cc1ccncc1. The Labute approximate surface area is 108 Å². The lowest BCUT2D eigenvalue weighted by molar-refractivity contribution is -0.121. The molecule has 0 aliphatic carbocycles. The fraction of sp³-hybridized carbons (Fsp3) is 0.571. The molecule has 1 aromatic heterocycles. The molecule has 1 aromatic rings. The van der Waals surface area contributed by atoms with Gasteiger partial charge < -0.3 is 10.4 Å². The van der Waals surface area contributed by atoms with E-state index in [9.17, 15) is 9.90 Å². The number of aromatic nitrogens is 1. The smallest absolute Gasteiger partial charge is 0.224 e. The number of nitrogens with zero attached hydrogens (tertiary/aromatic N) is 1. The van der Waals surface area contributed by atoms with E-state index >= 15 is 0 Å². The summed E-state index contributed by atoms with van der Waals surface area (Å²) in [4.78, 5) is 15.7. The molecule has 0 aromatic carbocycles. The summed E-state index contributed by atoms with van der Waals surface area (Å²) in [5.41, 5.74) is 0.763. The van der Waals surface area contributed by atoms with Crippen molar-refractivity contribution in [3.8, 4) is 0 Å². The Morgan fingerprint density at radius 2 is 1.94 bits per heavy atom. The van der Waals surface area contributed by atoms with Gasteiger partial charge in [0.05, 0.1) is 13.0 Å². The second-order valence-electron chi connectivity index (χ2n) is 4.67. The number of aliphatic hydroxyl groups excluding tert-OH is 1. The molecule has 0 fully saturated rings. The fourth-order valence-corrected chi connectivity index (χ4v) is 1.81. The zero-order valence-electron chi connectivity index (χ0n) is 11.1. The van der Waals surface area contributed by atoms with E-state index in [1.54, 1.807) is 12.4 Å². The summed E-state index contributed by atoms with van der Waals surface area (Å²) in [5.74, 6) is -0.0130. The topological polar surface area (TPSA) is 62.2 Å². The highest BCUT2D eigenvalue weighted by atomic mass is 16.3. The predicted molar refractivity (Wildman–Crippen MR) is 71.1 cm³/mol. The van der Waals surface area contributed by atoms with E-state index in [-0.39, 0.29) is 17.9 Å². The Hall–Kier alpha value is -1.42. The Bertz CT molecular complexity index is 353. The van der Waals surface area contributed by atoms with Crippen LogP contribution in [0, 0.1) is 5.41 Å². The average molecular weight is 250 g/mol. The summed E-state index contributed by atoms with van der Waals surface area (Å²) in [6, 6.07) is 3.66. The number of pyridine rings is 1. The highest BCUT2D eigenvalue weighted by Crippen LogP contribution is 2.24. The third kappa shape index (κ3) is 4.11. The van der Waals surface area contributed by atoms with Crippen LogP contribution in [0.1, 0.15) is 32.3 Å². The van der Waals surface area contributed by atoms with Gasteiger partial charge in [0.15, 0.2) is 0 Å². The molecule has 0 saturated carbocycles. The maximum Gasteiger partial charge on any atom is 0.224 e. The van der Waals surface area contributed by atoms with Crippen LogP contribution < -0.4 is 5.32 Å². The van der Waals surface area contributed by atoms with Crippen molar-refractivity contribution in [2.24, 2.45) is 5.41 Å². The second-order valence-corrected chi connectivity index (χ2v) is 4.67. The number of hydrogen-bond acceptors (Lipinski definition) is 3. The van der Waals surface area contributed by atoms with E-state index in [0.29, 0.717) is 13.0 Å². The lowest BCUT2D eigenvalue weighted by atomic mass is 9.83. The van der Waals surface area contributed by atoms with E-state index in [4.69, 9.17) is 0 Å². The third-order valence-corrected chi connectivity index (χ3v) is 3.61. The quantitative estimate of drug-likeness (QED) is 0.771. The number of hydrogen-bond donors (Lipinski definition) is 2. The Kier molecular flexibility index (Phi) is 5.78. The van der Waals surface area contributed by atoms with E-state index < -0.39 is 0 Å². The van der Waals surface area contributed by atoms with Gasteiger partial charge >= 0.3 is 0 Å². The van der Waals surface area contributed by atoms with E-state index in [1.807, 2.05) is 26.0 Å². The first-order valence-corrected chi connectivity index (χ1v) is 6.42. The van der Waals surface area contributed by atoms with Gasteiger partial charge in [0.1, 0.15) is 0 Å². The highest BCUT2D eigenvalue weighted by Gasteiger charge is 2.25. The van der Waals surface area contributed by atoms with Crippen molar-refractivity contribution in [2.75, 3.05) is 13.2 Å². The highest BCUT2D eigenvalue weighted by molar-refractivity contribution is 5.78. The molecule has 0 aliphatic heterocycles. The van der Waals surface area contributed by atoms with Gasteiger partial charge in [-0.25, -0.2) is 0 Å². The molecule has 0 aliphatic rings. The molecule has 1 rings (SSSR count). The minimum absolute atomic E-state index is 0.0130. The number of nitrogens with one attached hydrogen (secondary N) is 1. The molecule has 0 bridgehead atoms. The summed E-state index contributed by atoms with van der Waals surface area (Å²) >= 11 is 0. The molecular formula is C14H22N2O2. The van der Waals surface area contributed by atoms with Crippen LogP contribution in [0.3, 0.4) is 0 Å². The van der Waals surface area contributed by atoms with Gasteiger partial charge in [0.2, 0.25) is 5.91 Å². The third-order valence-electron chi connectivity index (χ3n) is 3.61. The summed E-state index contributed by atoms with van der Waals surface area (Å²) in [6.07, 6.45) is 5.43. The van der Waals surface area contributed by atoms with Crippen LogP contribution in [-0.4, -0.2) is 29.1 Å². The van der Waals surface area contributed by atoms with Crippen LogP contribution in [0.4, 0.5) is 0 Å². The maximum atomic E-state index is 11.8. The molecule has 0 spiro atoms. The molecule has 4 heteroatoms. The lowest BCUT2D eigenvalue weighted by Gasteiger charge is -2.29. The zero-order valence-corrected chi connectivity index (χ0v) is 11.1. The van der Waals surface area contributed by atoms with Gasteiger partial charge in [-0.2, -0.15) is 0 Å². The van der Waals surface area contributed by atoms with Gasteiger partial charge in [-0.15, -0.1) is 0 Å². The molecule has 1 amide bonds. The van der Waals surface area contributed by atoms with Crippen LogP contribution in [0.2, 0.25) is 0 Å². The fourth-order valence-electron chi connectivity index (χ4n) is 1.81. The number of rotatable bonds is 7. The van der Waals surface area contributed by atoms with Crippen LogP contribution in [0.25, 0.3) is 0 Å². The normalized spacial score (nSPS) is 11.3. The number of carbonyl (C=O) groups is 1. The molecule has 4 nitrogen and oxygen atoms in total. The average Bonchev–Trinajstić information content (AvgIpc) is 2.42. The summed E-state index contributed by atoms with van der Waals surface area (Å²) < 4.78 is 0. The number of carbonyl (C=O) groups excluding carboxylic acids is 1. The first kappa shape index (κ1) is 14.6. The summed E-state index contributed by atoms with van der Waals surface area (Å²) in [7, 11) is 0. The number of amides is 1. The van der Waals surface area contributed by atoms with Crippen molar-refractivity contribution in [3.05, 3.63) is 30.1 Å². The molecule has 18 heavy (non-hydrogen) atoms. The van der Waals surface area contributed by atoms with Crippen LogP contribution in [0.5, 0.6) is 0 Å². The zero-order chi connectivity index (χ0) is 13.4. The Balaban J connectivity index is 2.46. The van der Waals surface area contributed by atoms with Crippen molar-refractivity contribution >= 4 is 5.91 Å². The number of aliphatic hydroxyl groups is 1. The van der Waals surface area contributed by atoms with Gasteiger partial charge in [-0.3, -0.25) is 9.78 Å². The van der Waals surface area contributed by atoms with Crippen molar-refractivity contribution < 1.29 is 9.90 Å². The van der Waals surface area contributed by atoms with Crippen molar-refractivity contribution in [1.82, 2.24) is 10.3 Å². The summed E-state index contributed by atoms with van der Waals surface area (Å²) in [5, 5.41) is 12.3. The monoisotopic (exact) mass is 250 g/mol. The van der Waals surface area contributed by atoms with Crippen LogP contribution >= 0.6 is 0 Å². The van der Waals surface area contributed by atoms with E-state index in [2.05, 4.69) is 10.3 Å². The molecule has 1 heterocycles. The minimum atomic E-state index is -0.187. The Morgan fingerprint density at radius 1 is 1.33 bits per heavy atom. The Morgan fingerprint density at radius 3 is 2.44 bits per heavy atom. The molecule has 0 saturated heterocycles. The van der Waals surface area contributed by atoms with Gasteiger partial charge in [0, 0.05) is 24.4 Å². The molecule has 0 unspecified atom stereocenters. The van der Waals surface area contributed by atoms with E-state index in [0.717, 1.165) is 18.4 Å². The molecule has 0 atom stereocenters. The summed E-state index contributed by atoms with van der Waals surface area (Å²) in [6.45, 7) is 4.71. The predicted octanol–water partition coefficient (Wildman–Crippen LogP) is 1.54.